The second kappa shape index (κ2) is 12.3. The van der Waals surface area contributed by atoms with Gasteiger partial charge in [-0.15, -0.1) is 24.0 Å². The molecule has 2 aromatic carbocycles. The number of hydrogen-bond donors (Lipinski definition) is 2. The van der Waals surface area contributed by atoms with Crippen molar-refractivity contribution in [3.05, 3.63) is 89.3 Å². The Morgan fingerprint density at radius 1 is 1.13 bits per heavy atom. The van der Waals surface area contributed by atoms with Crippen LogP contribution in [0.4, 0.5) is 4.39 Å². The molecule has 0 radical (unpaired) electrons. The van der Waals surface area contributed by atoms with Crippen LogP contribution in [-0.4, -0.2) is 28.6 Å². The molecule has 0 unspecified atom stereocenters. The molecule has 2 N–H and O–H groups in total. The molecule has 0 saturated heterocycles. The second-order valence-electron chi connectivity index (χ2n) is 7.00. The Labute approximate surface area is 194 Å². The summed E-state index contributed by atoms with van der Waals surface area (Å²) in [4.78, 5) is 8.79. The molecule has 5 nitrogen and oxygen atoms in total. The molecule has 160 valence electrons. The maximum absolute atomic E-state index is 13.2. The quantitative estimate of drug-likeness (QED) is 0.264. The SMILES string of the molecule is CCNC(=NCc1cccc(Cn2ccnc2)c1)NCCc1ccc(F)cc1C.I. The first-order valence-electron chi connectivity index (χ1n) is 9.95. The van der Waals surface area contributed by atoms with Gasteiger partial charge in [-0.05, 0) is 54.7 Å². The fourth-order valence-electron chi connectivity index (χ4n) is 3.18. The molecular weight excluding hydrogens is 492 g/mol. The molecule has 0 saturated carbocycles. The summed E-state index contributed by atoms with van der Waals surface area (Å²) in [6, 6.07) is 13.4. The highest BCUT2D eigenvalue weighted by atomic mass is 127. The molecule has 3 aromatic rings. The first-order valence-corrected chi connectivity index (χ1v) is 9.95. The number of benzene rings is 2. The zero-order valence-electron chi connectivity index (χ0n) is 17.4. The molecule has 0 aliphatic rings. The highest BCUT2D eigenvalue weighted by molar-refractivity contribution is 14.0. The van der Waals surface area contributed by atoms with E-state index in [0.29, 0.717) is 6.54 Å². The Balaban J connectivity index is 0.00000320. The molecule has 1 heterocycles. The van der Waals surface area contributed by atoms with E-state index in [9.17, 15) is 4.39 Å². The fourth-order valence-corrected chi connectivity index (χ4v) is 3.18. The maximum atomic E-state index is 13.2. The lowest BCUT2D eigenvalue weighted by Gasteiger charge is -2.12. The van der Waals surface area contributed by atoms with Crippen LogP contribution in [-0.2, 0) is 19.5 Å². The van der Waals surface area contributed by atoms with Crippen molar-refractivity contribution < 1.29 is 4.39 Å². The number of nitrogens with one attached hydrogen (secondary N) is 2. The predicted octanol–water partition coefficient (Wildman–Crippen LogP) is 4.29. The van der Waals surface area contributed by atoms with E-state index in [-0.39, 0.29) is 29.8 Å². The minimum Gasteiger partial charge on any atom is -0.357 e. The van der Waals surface area contributed by atoms with Gasteiger partial charge in [0.1, 0.15) is 5.82 Å². The van der Waals surface area contributed by atoms with Crippen molar-refractivity contribution in [1.82, 2.24) is 20.2 Å². The van der Waals surface area contributed by atoms with E-state index in [2.05, 4.69) is 39.9 Å². The monoisotopic (exact) mass is 521 g/mol. The standard InChI is InChI=1S/C23H28FN5.HI/c1-3-26-23(27-10-9-21-7-8-22(24)13-18(21)2)28-15-19-5-4-6-20(14-19)16-29-12-11-25-17-29;/h4-8,11-14,17H,3,9-10,15-16H2,1-2H3,(H2,26,27,28);1H. The number of nitrogens with zero attached hydrogens (tertiary/aromatic N) is 3. The summed E-state index contributed by atoms with van der Waals surface area (Å²) in [6.45, 7) is 6.91. The average Bonchev–Trinajstić information content (AvgIpc) is 3.21. The normalized spacial score (nSPS) is 11.1. The second-order valence-corrected chi connectivity index (χ2v) is 7.00. The van der Waals surface area contributed by atoms with E-state index in [0.717, 1.165) is 48.7 Å². The minimum absolute atomic E-state index is 0. The van der Waals surface area contributed by atoms with Crippen LogP contribution in [0.5, 0.6) is 0 Å². The van der Waals surface area contributed by atoms with Gasteiger partial charge in [-0.1, -0.05) is 30.3 Å². The summed E-state index contributed by atoms with van der Waals surface area (Å²) in [6.07, 6.45) is 6.38. The number of hydrogen-bond acceptors (Lipinski definition) is 2. The Bertz CT molecular complexity index is 941. The highest BCUT2D eigenvalue weighted by Gasteiger charge is 2.03. The molecule has 0 aliphatic heterocycles. The van der Waals surface area contributed by atoms with Crippen molar-refractivity contribution in [2.24, 2.45) is 4.99 Å². The molecule has 0 atom stereocenters. The molecule has 1 aromatic heterocycles. The van der Waals surface area contributed by atoms with Gasteiger partial charge in [-0.25, -0.2) is 14.4 Å². The predicted molar refractivity (Wildman–Crippen MR) is 131 cm³/mol. The van der Waals surface area contributed by atoms with Crippen LogP contribution >= 0.6 is 24.0 Å². The van der Waals surface area contributed by atoms with Gasteiger partial charge in [0.05, 0.1) is 12.9 Å². The van der Waals surface area contributed by atoms with Crippen molar-refractivity contribution in [2.45, 2.75) is 33.4 Å². The molecule has 0 bridgehead atoms. The van der Waals surface area contributed by atoms with E-state index in [1.54, 1.807) is 12.3 Å². The van der Waals surface area contributed by atoms with Crippen molar-refractivity contribution >= 4 is 29.9 Å². The lowest BCUT2D eigenvalue weighted by Crippen LogP contribution is -2.38. The molecule has 0 aliphatic carbocycles. The molecule has 30 heavy (non-hydrogen) atoms. The lowest BCUT2D eigenvalue weighted by atomic mass is 10.1. The Morgan fingerprint density at radius 2 is 1.97 bits per heavy atom. The van der Waals surface area contributed by atoms with Crippen molar-refractivity contribution in [3.63, 3.8) is 0 Å². The summed E-state index contributed by atoms with van der Waals surface area (Å²) in [7, 11) is 0. The summed E-state index contributed by atoms with van der Waals surface area (Å²) in [5.74, 6) is 0.594. The first kappa shape index (κ1) is 23.9. The van der Waals surface area contributed by atoms with E-state index in [1.165, 1.54) is 11.6 Å². The van der Waals surface area contributed by atoms with Gasteiger partial charge in [0.2, 0.25) is 0 Å². The summed E-state index contributed by atoms with van der Waals surface area (Å²) in [5.41, 5.74) is 4.50. The summed E-state index contributed by atoms with van der Waals surface area (Å²) < 4.78 is 15.3. The topological polar surface area (TPSA) is 54.2 Å². The van der Waals surface area contributed by atoms with Crippen LogP contribution in [0, 0.1) is 12.7 Å². The lowest BCUT2D eigenvalue weighted by molar-refractivity contribution is 0.625. The van der Waals surface area contributed by atoms with Gasteiger partial charge < -0.3 is 15.2 Å². The molecule has 0 spiro atoms. The number of guanidine groups is 1. The largest absolute Gasteiger partial charge is 0.357 e. The van der Waals surface area contributed by atoms with Crippen molar-refractivity contribution in [2.75, 3.05) is 13.1 Å². The van der Waals surface area contributed by atoms with Gasteiger partial charge in [0, 0.05) is 32.0 Å². The van der Waals surface area contributed by atoms with E-state index < -0.39 is 0 Å². The fraction of sp³-hybridized carbons (Fsp3) is 0.304. The van der Waals surface area contributed by atoms with Crippen LogP contribution in [0.2, 0.25) is 0 Å². The van der Waals surface area contributed by atoms with Gasteiger partial charge in [-0.2, -0.15) is 0 Å². The number of rotatable bonds is 8. The number of imidazole rings is 1. The number of aliphatic imine (C=N–C) groups is 1. The van der Waals surface area contributed by atoms with E-state index >= 15 is 0 Å². The molecule has 3 rings (SSSR count). The maximum Gasteiger partial charge on any atom is 0.191 e. The summed E-state index contributed by atoms with van der Waals surface area (Å²) >= 11 is 0. The average molecular weight is 521 g/mol. The Hall–Kier alpha value is -2.42. The third-order valence-electron chi connectivity index (χ3n) is 4.67. The minimum atomic E-state index is -0.190. The zero-order valence-corrected chi connectivity index (χ0v) is 19.8. The Kier molecular flexibility index (Phi) is 9.79. The van der Waals surface area contributed by atoms with Crippen LogP contribution < -0.4 is 10.6 Å². The number of aryl methyl sites for hydroxylation is 1. The number of aromatic nitrogens is 2. The van der Waals surface area contributed by atoms with Gasteiger partial charge in [-0.3, -0.25) is 0 Å². The van der Waals surface area contributed by atoms with Crippen molar-refractivity contribution in [3.8, 4) is 0 Å². The number of halogens is 2. The van der Waals surface area contributed by atoms with Gasteiger partial charge >= 0.3 is 0 Å². The molecule has 0 amide bonds. The van der Waals surface area contributed by atoms with Crippen LogP contribution in [0.15, 0.2) is 66.2 Å². The summed E-state index contributed by atoms with van der Waals surface area (Å²) in [5, 5.41) is 6.65. The van der Waals surface area contributed by atoms with Crippen molar-refractivity contribution in [1.29, 1.82) is 0 Å². The van der Waals surface area contributed by atoms with Gasteiger partial charge in [0.15, 0.2) is 5.96 Å². The highest BCUT2D eigenvalue weighted by Crippen LogP contribution is 2.11. The van der Waals surface area contributed by atoms with Crippen LogP contribution in [0.3, 0.4) is 0 Å². The van der Waals surface area contributed by atoms with E-state index in [1.807, 2.05) is 37.0 Å². The smallest absolute Gasteiger partial charge is 0.191 e. The zero-order chi connectivity index (χ0) is 20.5. The molecule has 7 heteroatoms. The Morgan fingerprint density at radius 3 is 2.70 bits per heavy atom. The molecular formula is C23H29FIN5. The van der Waals surface area contributed by atoms with Crippen LogP contribution in [0.1, 0.15) is 29.2 Å². The third-order valence-corrected chi connectivity index (χ3v) is 4.67. The van der Waals surface area contributed by atoms with Crippen LogP contribution in [0.25, 0.3) is 0 Å². The first-order chi connectivity index (χ1) is 14.1. The molecule has 0 fully saturated rings. The van der Waals surface area contributed by atoms with Gasteiger partial charge in [0.25, 0.3) is 0 Å². The van der Waals surface area contributed by atoms with E-state index in [4.69, 9.17) is 4.99 Å². The third kappa shape index (κ3) is 7.44.